The summed E-state index contributed by atoms with van der Waals surface area (Å²) >= 11 is 12.2. The number of halogens is 2. The van der Waals surface area contributed by atoms with E-state index in [4.69, 9.17) is 27.6 Å². The van der Waals surface area contributed by atoms with Crippen LogP contribution in [0.25, 0.3) is 11.0 Å². The van der Waals surface area contributed by atoms with Crippen molar-refractivity contribution in [2.24, 2.45) is 0 Å². The van der Waals surface area contributed by atoms with Gasteiger partial charge in [0.25, 0.3) is 5.91 Å². The summed E-state index contributed by atoms with van der Waals surface area (Å²) in [4.78, 5) is 29.2. The maximum Gasteiger partial charge on any atom is 0.321 e. The second-order valence-corrected chi connectivity index (χ2v) is 8.09. The number of nitrogens with zero attached hydrogens (tertiary/aromatic N) is 2. The number of fused-ring (bicyclic) bond motifs is 1. The van der Waals surface area contributed by atoms with Crippen LogP contribution in [-0.4, -0.2) is 47.9 Å². The molecule has 1 aliphatic heterocycles. The first kappa shape index (κ1) is 20.6. The molecule has 0 saturated carbocycles. The molecule has 6 nitrogen and oxygen atoms in total. The highest BCUT2D eigenvalue weighted by atomic mass is 35.5. The van der Waals surface area contributed by atoms with Crippen LogP contribution in [0.2, 0.25) is 10.0 Å². The molecule has 4 rings (SSSR count). The molecule has 30 heavy (non-hydrogen) atoms. The lowest BCUT2D eigenvalue weighted by Gasteiger charge is -2.22. The second kappa shape index (κ2) is 8.58. The number of furan rings is 1. The molecule has 2 heterocycles. The lowest BCUT2D eigenvalue weighted by molar-refractivity contribution is 0.0732. The van der Waals surface area contributed by atoms with E-state index in [0.717, 1.165) is 10.9 Å². The van der Waals surface area contributed by atoms with Crippen molar-refractivity contribution in [3.8, 4) is 0 Å². The number of hydrogen-bond acceptors (Lipinski definition) is 3. The zero-order valence-corrected chi connectivity index (χ0v) is 18.0. The summed E-state index contributed by atoms with van der Waals surface area (Å²) in [5.41, 5.74) is 1.94. The number of urea groups is 1. The highest BCUT2D eigenvalue weighted by Gasteiger charge is 2.27. The first-order chi connectivity index (χ1) is 14.4. The highest BCUT2D eigenvalue weighted by molar-refractivity contribution is 6.35. The van der Waals surface area contributed by atoms with Crippen molar-refractivity contribution in [2.45, 2.75) is 13.3 Å². The largest absolute Gasteiger partial charge is 0.449 e. The summed E-state index contributed by atoms with van der Waals surface area (Å²) in [7, 11) is 0. The fourth-order valence-corrected chi connectivity index (χ4v) is 4.05. The number of benzene rings is 2. The van der Waals surface area contributed by atoms with Crippen LogP contribution >= 0.6 is 23.2 Å². The molecule has 2 aromatic carbocycles. The van der Waals surface area contributed by atoms with E-state index in [2.05, 4.69) is 5.32 Å². The number of rotatable bonds is 2. The van der Waals surface area contributed by atoms with Crippen molar-refractivity contribution in [1.29, 1.82) is 0 Å². The van der Waals surface area contributed by atoms with E-state index < -0.39 is 0 Å². The minimum Gasteiger partial charge on any atom is -0.449 e. The highest BCUT2D eigenvalue weighted by Crippen LogP contribution is 2.31. The molecule has 1 aliphatic rings. The SMILES string of the molecule is Cc1c(C(=O)N2CCCN(C(=O)Nc3cccc(Cl)c3)CC2)oc2c(Cl)cccc12. The first-order valence-electron chi connectivity index (χ1n) is 9.72. The first-order valence-corrected chi connectivity index (χ1v) is 10.5. The number of para-hydroxylation sites is 1. The fraction of sp³-hybridized carbons (Fsp3) is 0.273. The molecule has 3 amide bonds. The van der Waals surface area contributed by atoms with Crippen LogP contribution in [0.1, 0.15) is 22.5 Å². The lowest BCUT2D eigenvalue weighted by atomic mass is 10.1. The van der Waals surface area contributed by atoms with Gasteiger partial charge >= 0.3 is 6.03 Å². The minimum absolute atomic E-state index is 0.183. The third-order valence-electron chi connectivity index (χ3n) is 5.26. The van der Waals surface area contributed by atoms with E-state index in [-0.39, 0.29) is 11.9 Å². The van der Waals surface area contributed by atoms with Gasteiger partial charge in [-0.05, 0) is 37.6 Å². The Balaban J connectivity index is 1.45. The summed E-state index contributed by atoms with van der Waals surface area (Å²) in [6.07, 6.45) is 0.675. The van der Waals surface area contributed by atoms with Crippen molar-refractivity contribution in [3.63, 3.8) is 0 Å². The van der Waals surface area contributed by atoms with E-state index in [1.807, 2.05) is 19.1 Å². The van der Waals surface area contributed by atoms with Crippen LogP contribution in [0.3, 0.4) is 0 Å². The maximum absolute atomic E-state index is 13.1. The molecule has 1 N–H and O–H groups in total. The Morgan fingerprint density at radius 3 is 2.50 bits per heavy atom. The summed E-state index contributed by atoms with van der Waals surface area (Å²) in [5.74, 6) is 0.117. The van der Waals surface area contributed by atoms with E-state index in [1.165, 1.54) is 0 Å². The molecule has 0 atom stereocenters. The van der Waals surface area contributed by atoms with Crippen LogP contribution in [0.15, 0.2) is 46.9 Å². The smallest absolute Gasteiger partial charge is 0.321 e. The molecule has 1 fully saturated rings. The minimum atomic E-state index is -0.210. The van der Waals surface area contributed by atoms with Gasteiger partial charge in [-0.1, -0.05) is 41.4 Å². The van der Waals surface area contributed by atoms with Gasteiger partial charge in [0, 0.05) is 47.8 Å². The Bertz CT molecular complexity index is 1110. The summed E-state index contributed by atoms with van der Waals surface area (Å²) in [6.45, 7) is 3.81. The van der Waals surface area contributed by atoms with Gasteiger partial charge in [0.05, 0.1) is 5.02 Å². The summed E-state index contributed by atoms with van der Waals surface area (Å²) in [6, 6.07) is 12.3. The Morgan fingerprint density at radius 2 is 1.73 bits per heavy atom. The van der Waals surface area contributed by atoms with E-state index in [0.29, 0.717) is 59.7 Å². The monoisotopic (exact) mass is 445 g/mol. The molecule has 0 radical (unpaired) electrons. The zero-order valence-electron chi connectivity index (χ0n) is 16.5. The van der Waals surface area contributed by atoms with Crippen LogP contribution in [0.5, 0.6) is 0 Å². The number of carbonyl (C=O) groups is 2. The second-order valence-electron chi connectivity index (χ2n) is 7.25. The standard InChI is InChI=1S/C22H21Cl2N3O3/c1-14-17-7-3-8-18(24)20(17)30-19(14)21(28)26-9-4-10-27(12-11-26)22(29)25-16-6-2-5-15(23)13-16/h2-3,5-8,13H,4,9-12H2,1H3,(H,25,29). The topological polar surface area (TPSA) is 65.8 Å². The number of nitrogens with one attached hydrogen (secondary N) is 1. The zero-order chi connectivity index (χ0) is 21.3. The molecule has 0 unspecified atom stereocenters. The van der Waals surface area contributed by atoms with Gasteiger partial charge in [-0.3, -0.25) is 4.79 Å². The van der Waals surface area contributed by atoms with E-state index in [1.54, 1.807) is 40.1 Å². The summed E-state index contributed by atoms with van der Waals surface area (Å²) in [5, 5.41) is 4.73. The van der Waals surface area contributed by atoms with Gasteiger partial charge in [0.1, 0.15) is 0 Å². The molecule has 1 saturated heterocycles. The number of carbonyl (C=O) groups excluding carboxylic acids is 2. The Kier molecular flexibility index (Phi) is 5.88. The fourth-order valence-electron chi connectivity index (χ4n) is 3.65. The van der Waals surface area contributed by atoms with Gasteiger partial charge < -0.3 is 19.5 Å². The van der Waals surface area contributed by atoms with Crippen molar-refractivity contribution >= 4 is 51.8 Å². The third kappa shape index (κ3) is 4.11. The van der Waals surface area contributed by atoms with Crippen molar-refractivity contribution in [2.75, 3.05) is 31.5 Å². The Labute approximate surface area is 184 Å². The van der Waals surface area contributed by atoms with E-state index in [9.17, 15) is 9.59 Å². The predicted octanol–water partition coefficient (Wildman–Crippen LogP) is 5.43. The maximum atomic E-state index is 13.1. The number of aryl methyl sites for hydroxylation is 1. The van der Waals surface area contributed by atoms with Crippen LogP contribution < -0.4 is 5.32 Å². The summed E-state index contributed by atoms with van der Waals surface area (Å²) < 4.78 is 5.82. The molecule has 0 aliphatic carbocycles. The molecular formula is C22H21Cl2N3O3. The number of hydrogen-bond donors (Lipinski definition) is 1. The van der Waals surface area contributed by atoms with Crippen LogP contribution in [0.4, 0.5) is 10.5 Å². The molecule has 156 valence electrons. The van der Waals surface area contributed by atoms with Gasteiger partial charge in [0.2, 0.25) is 0 Å². The molecular weight excluding hydrogens is 425 g/mol. The third-order valence-corrected chi connectivity index (χ3v) is 5.79. The molecule has 8 heteroatoms. The molecule has 1 aromatic heterocycles. The van der Waals surface area contributed by atoms with Gasteiger partial charge in [-0.2, -0.15) is 0 Å². The van der Waals surface area contributed by atoms with Crippen molar-refractivity contribution in [3.05, 3.63) is 63.8 Å². The lowest BCUT2D eigenvalue weighted by Crippen LogP contribution is -2.39. The predicted molar refractivity (Wildman–Crippen MR) is 119 cm³/mol. The number of amides is 3. The van der Waals surface area contributed by atoms with Crippen molar-refractivity contribution in [1.82, 2.24) is 9.80 Å². The molecule has 0 spiro atoms. The number of anilines is 1. The van der Waals surface area contributed by atoms with Gasteiger partial charge in [0.15, 0.2) is 11.3 Å². The Hall–Kier alpha value is -2.70. The Morgan fingerprint density at radius 1 is 1.00 bits per heavy atom. The normalized spacial score (nSPS) is 14.6. The van der Waals surface area contributed by atoms with Crippen LogP contribution in [0, 0.1) is 6.92 Å². The quantitative estimate of drug-likeness (QED) is 0.571. The van der Waals surface area contributed by atoms with E-state index >= 15 is 0 Å². The van der Waals surface area contributed by atoms with Crippen LogP contribution in [-0.2, 0) is 0 Å². The molecule has 3 aromatic rings. The average Bonchev–Trinajstić information content (AvgIpc) is 2.90. The van der Waals surface area contributed by atoms with Gasteiger partial charge in [-0.25, -0.2) is 4.79 Å². The molecule has 0 bridgehead atoms. The van der Waals surface area contributed by atoms with Gasteiger partial charge in [-0.15, -0.1) is 0 Å². The van der Waals surface area contributed by atoms with Crippen molar-refractivity contribution < 1.29 is 14.0 Å². The average molecular weight is 446 g/mol.